The molecule has 13 heteroatoms. The second kappa shape index (κ2) is 20.7. The van der Waals surface area contributed by atoms with Crippen molar-refractivity contribution in [3.8, 4) is 0 Å². The van der Waals surface area contributed by atoms with E-state index >= 15 is 0 Å². The first-order chi connectivity index (χ1) is 18.4. The lowest BCUT2D eigenvalue weighted by atomic mass is 10.0. The molecule has 1 aromatic carbocycles. The molecule has 7 N–H and O–H groups in total. The molecule has 0 heterocycles. The van der Waals surface area contributed by atoms with Crippen molar-refractivity contribution in [2.75, 3.05) is 79.0 Å². The number of ether oxygens (including phenoxy) is 4. The fourth-order valence-electron chi connectivity index (χ4n) is 2.89. The van der Waals surface area contributed by atoms with Crippen LogP contribution in [0.15, 0.2) is 30.4 Å². The molecular formula is C25H39N5O8. The highest BCUT2D eigenvalue weighted by Gasteiger charge is 2.15. The summed E-state index contributed by atoms with van der Waals surface area (Å²) < 4.78 is 21.3. The zero-order chi connectivity index (χ0) is 28.0. The largest absolute Gasteiger partial charge is 0.378 e. The Hall–Kier alpha value is -3.36. The molecule has 1 rings (SSSR count). The minimum atomic E-state index is -0.765. The second-order valence-corrected chi connectivity index (χ2v) is 7.70. The summed E-state index contributed by atoms with van der Waals surface area (Å²) in [6.07, 6.45) is 3.08. The molecule has 212 valence electrons. The summed E-state index contributed by atoms with van der Waals surface area (Å²) in [6.45, 7) is 5.72. The number of amides is 4. The van der Waals surface area contributed by atoms with Crippen LogP contribution in [0.1, 0.15) is 38.0 Å². The van der Waals surface area contributed by atoms with E-state index in [4.69, 9.17) is 30.4 Å². The highest BCUT2D eigenvalue weighted by atomic mass is 16.5. The number of benzene rings is 1. The predicted octanol–water partition coefficient (Wildman–Crippen LogP) is -1.04. The van der Waals surface area contributed by atoms with Crippen molar-refractivity contribution >= 4 is 23.6 Å². The van der Waals surface area contributed by atoms with E-state index < -0.39 is 17.7 Å². The van der Waals surface area contributed by atoms with E-state index in [0.29, 0.717) is 52.7 Å². The Kier molecular flexibility index (Phi) is 17.8. The lowest BCUT2D eigenvalue weighted by molar-refractivity contribution is -0.116. The van der Waals surface area contributed by atoms with Crippen LogP contribution in [0, 0.1) is 0 Å². The minimum absolute atomic E-state index is 0.0337. The normalized spacial score (nSPS) is 10.9. The summed E-state index contributed by atoms with van der Waals surface area (Å²) in [6, 6.07) is 4.02. The summed E-state index contributed by atoms with van der Waals surface area (Å²) in [5.74, 6) is -1.91. The Morgan fingerprint density at radius 2 is 1.11 bits per heavy atom. The zero-order valence-corrected chi connectivity index (χ0v) is 21.8. The topological polar surface area (TPSA) is 193 Å². The Morgan fingerprint density at radius 3 is 1.53 bits per heavy atom. The minimum Gasteiger partial charge on any atom is -0.378 e. The van der Waals surface area contributed by atoms with Crippen LogP contribution in [0.25, 0.3) is 0 Å². The molecule has 0 unspecified atom stereocenters. The van der Waals surface area contributed by atoms with E-state index in [9.17, 15) is 19.2 Å². The number of hydrogen-bond acceptors (Lipinski definition) is 9. The maximum Gasteiger partial charge on any atom is 0.251 e. The first-order valence-electron chi connectivity index (χ1n) is 12.3. The maximum absolute atomic E-state index is 12.6. The van der Waals surface area contributed by atoms with Gasteiger partial charge in [0.25, 0.3) is 11.8 Å². The van der Waals surface area contributed by atoms with Crippen molar-refractivity contribution in [1.29, 1.82) is 0 Å². The lowest BCUT2D eigenvalue weighted by Crippen LogP contribution is -2.30. The lowest BCUT2D eigenvalue weighted by Gasteiger charge is -2.11. The van der Waals surface area contributed by atoms with Gasteiger partial charge in [0, 0.05) is 42.9 Å². The zero-order valence-electron chi connectivity index (χ0n) is 21.8. The molecule has 0 saturated carbocycles. The molecule has 0 saturated heterocycles. The van der Waals surface area contributed by atoms with E-state index in [0.717, 1.165) is 0 Å². The van der Waals surface area contributed by atoms with Gasteiger partial charge in [-0.2, -0.15) is 0 Å². The molecule has 1 aromatic rings. The maximum atomic E-state index is 12.6. The van der Waals surface area contributed by atoms with Crippen LogP contribution in [-0.2, 0) is 23.7 Å². The third-order valence-corrected chi connectivity index (χ3v) is 4.68. The number of carbonyl (C=O) groups excluding carboxylic acids is 4. The van der Waals surface area contributed by atoms with Gasteiger partial charge < -0.3 is 46.4 Å². The van der Waals surface area contributed by atoms with Crippen LogP contribution >= 0.6 is 0 Å². The van der Waals surface area contributed by atoms with Crippen LogP contribution in [-0.4, -0.2) is 103 Å². The fraction of sp³-hybridized carbons (Fsp3) is 0.520. The molecule has 13 nitrogen and oxygen atoms in total. The van der Waals surface area contributed by atoms with Gasteiger partial charge in [0.2, 0.25) is 11.8 Å². The first-order valence-corrected chi connectivity index (χ1v) is 12.3. The molecule has 0 aliphatic carbocycles. The van der Waals surface area contributed by atoms with Crippen LogP contribution in [0.2, 0.25) is 0 Å². The van der Waals surface area contributed by atoms with Crippen molar-refractivity contribution in [3.05, 3.63) is 47.0 Å². The van der Waals surface area contributed by atoms with Crippen LogP contribution in [0.3, 0.4) is 0 Å². The van der Waals surface area contributed by atoms with E-state index in [1.807, 2.05) is 0 Å². The summed E-state index contributed by atoms with van der Waals surface area (Å²) in [7, 11) is 0. The number of nitrogens with one attached hydrogen (secondary N) is 3. The van der Waals surface area contributed by atoms with Crippen molar-refractivity contribution < 1.29 is 38.1 Å². The number of carbonyl (C=O) groups is 4. The molecule has 0 aromatic heterocycles. The SMILES string of the molecule is CC=CC(=O)NCCOCCOCCNC(=O)c1cc(C(N)=O)cc(C(=O)NCCOCCOCCN)c1. The quantitative estimate of drug-likeness (QED) is 0.0962. The van der Waals surface area contributed by atoms with E-state index in [1.54, 1.807) is 13.0 Å². The van der Waals surface area contributed by atoms with Gasteiger partial charge in [0.15, 0.2) is 0 Å². The summed E-state index contributed by atoms with van der Waals surface area (Å²) in [5, 5.41) is 7.99. The molecule has 0 spiro atoms. The predicted molar refractivity (Wildman–Crippen MR) is 140 cm³/mol. The molecule has 38 heavy (non-hydrogen) atoms. The number of primary amides is 1. The van der Waals surface area contributed by atoms with Gasteiger partial charge in [-0.05, 0) is 31.2 Å². The number of rotatable bonds is 21. The van der Waals surface area contributed by atoms with E-state index in [2.05, 4.69) is 16.0 Å². The molecule has 0 aliphatic heterocycles. The summed E-state index contributed by atoms with van der Waals surface area (Å²) in [5.41, 5.74) is 11.0. The van der Waals surface area contributed by atoms with Crippen molar-refractivity contribution in [1.82, 2.24) is 16.0 Å². The van der Waals surface area contributed by atoms with Crippen molar-refractivity contribution in [2.45, 2.75) is 6.92 Å². The number of hydrogen-bond donors (Lipinski definition) is 5. The van der Waals surface area contributed by atoms with Gasteiger partial charge in [-0.3, -0.25) is 19.2 Å². The van der Waals surface area contributed by atoms with Crippen LogP contribution < -0.4 is 27.4 Å². The summed E-state index contributed by atoms with van der Waals surface area (Å²) in [4.78, 5) is 48.0. The monoisotopic (exact) mass is 537 g/mol. The molecule has 0 aliphatic rings. The Balaban J connectivity index is 2.37. The molecule has 4 amide bonds. The Bertz CT molecular complexity index is 910. The fourth-order valence-corrected chi connectivity index (χ4v) is 2.89. The van der Waals surface area contributed by atoms with Gasteiger partial charge in [-0.15, -0.1) is 0 Å². The standard InChI is InChI=1S/C25H39N5O8/c1-2-3-22(31)28-5-9-36-14-15-38-11-7-30-25(34)21-17-19(23(27)32)16-20(18-21)24(33)29-6-10-37-13-12-35-8-4-26/h2-3,16-18H,4-15,26H2,1H3,(H2,27,32)(H,28,31)(H,29,33)(H,30,34). The molecular weight excluding hydrogens is 498 g/mol. The Labute approximate surface area is 222 Å². The van der Waals surface area contributed by atoms with E-state index in [1.165, 1.54) is 24.3 Å². The smallest absolute Gasteiger partial charge is 0.251 e. The van der Waals surface area contributed by atoms with Crippen LogP contribution in [0.5, 0.6) is 0 Å². The average Bonchev–Trinajstić information content (AvgIpc) is 2.90. The average molecular weight is 538 g/mol. The number of nitrogens with two attached hydrogens (primary N) is 2. The molecule has 0 atom stereocenters. The van der Waals surface area contributed by atoms with Crippen LogP contribution in [0.4, 0.5) is 0 Å². The van der Waals surface area contributed by atoms with Gasteiger partial charge >= 0.3 is 0 Å². The van der Waals surface area contributed by atoms with Crippen molar-refractivity contribution in [3.63, 3.8) is 0 Å². The van der Waals surface area contributed by atoms with Gasteiger partial charge in [-0.25, -0.2) is 0 Å². The van der Waals surface area contributed by atoms with Gasteiger partial charge in [0.05, 0.1) is 52.9 Å². The second-order valence-electron chi connectivity index (χ2n) is 7.70. The molecule has 0 fully saturated rings. The molecule has 0 radical (unpaired) electrons. The third kappa shape index (κ3) is 15.0. The Morgan fingerprint density at radius 1 is 0.684 bits per heavy atom. The van der Waals surface area contributed by atoms with E-state index in [-0.39, 0.29) is 48.9 Å². The summed E-state index contributed by atoms with van der Waals surface area (Å²) >= 11 is 0. The highest BCUT2D eigenvalue weighted by molar-refractivity contribution is 6.04. The van der Waals surface area contributed by atoms with Gasteiger partial charge in [0.1, 0.15) is 0 Å². The number of allylic oxidation sites excluding steroid dienone is 1. The first kappa shape index (κ1) is 32.7. The highest BCUT2D eigenvalue weighted by Crippen LogP contribution is 2.11. The molecule has 0 bridgehead atoms. The third-order valence-electron chi connectivity index (χ3n) is 4.68. The van der Waals surface area contributed by atoms with Gasteiger partial charge in [-0.1, -0.05) is 6.08 Å². The van der Waals surface area contributed by atoms with Crippen molar-refractivity contribution in [2.24, 2.45) is 11.5 Å².